The van der Waals surface area contributed by atoms with Crippen molar-refractivity contribution >= 4 is 0 Å². The topological polar surface area (TPSA) is 64.9 Å². The predicted octanol–water partition coefficient (Wildman–Crippen LogP) is 3.09. The summed E-state index contributed by atoms with van der Waals surface area (Å²) in [5.74, 6) is -6.79. The van der Waals surface area contributed by atoms with E-state index in [9.17, 15) is 22.0 Å². The molecule has 4 nitrogen and oxygen atoms in total. The van der Waals surface area contributed by atoms with Crippen LogP contribution in [0.15, 0.2) is 4.52 Å². The van der Waals surface area contributed by atoms with E-state index in [0.717, 1.165) is 12.8 Å². The Morgan fingerprint density at radius 3 is 2.25 bits per heavy atom. The van der Waals surface area contributed by atoms with Crippen molar-refractivity contribution in [1.29, 1.82) is 0 Å². The Morgan fingerprint density at radius 1 is 1.20 bits per heavy atom. The minimum Gasteiger partial charge on any atom is -0.332 e. The van der Waals surface area contributed by atoms with Gasteiger partial charge in [-0.25, -0.2) is 0 Å². The summed E-state index contributed by atoms with van der Waals surface area (Å²) in [7, 11) is 0. The third kappa shape index (κ3) is 2.50. The highest BCUT2D eigenvalue weighted by Gasteiger charge is 2.63. The standard InChI is InChI=1S/C11H14F5N3O/c1-6-2-4-9(17,5-3-6)7-18-8(20-19-7)10(12,13)11(14,15)16/h6H,2-5,17H2,1H3. The number of hydrogen-bond donors (Lipinski definition) is 1. The largest absolute Gasteiger partial charge is 0.463 e. The van der Waals surface area contributed by atoms with Crippen LogP contribution in [0.25, 0.3) is 0 Å². The first-order valence-electron chi connectivity index (χ1n) is 6.14. The molecule has 1 aromatic heterocycles. The third-order valence-electron chi connectivity index (χ3n) is 3.66. The van der Waals surface area contributed by atoms with Gasteiger partial charge in [-0.2, -0.15) is 26.9 Å². The van der Waals surface area contributed by atoms with Crippen molar-refractivity contribution in [2.24, 2.45) is 11.7 Å². The molecule has 20 heavy (non-hydrogen) atoms. The normalized spacial score (nSPS) is 28.6. The molecule has 1 aliphatic rings. The van der Waals surface area contributed by atoms with Crippen molar-refractivity contribution in [3.8, 4) is 0 Å². The van der Waals surface area contributed by atoms with Crippen LogP contribution in [0.4, 0.5) is 22.0 Å². The van der Waals surface area contributed by atoms with Crippen LogP contribution in [0.2, 0.25) is 0 Å². The molecular formula is C11H14F5N3O. The summed E-state index contributed by atoms with van der Waals surface area (Å²) in [6.45, 7) is 2.01. The molecule has 1 aromatic rings. The van der Waals surface area contributed by atoms with Crippen LogP contribution in [-0.2, 0) is 11.5 Å². The first-order valence-corrected chi connectivity index (χ1v) is 6.14. The third-order valence-corrected chi connectivity index (χ3v) is 3.66. The van der Waals surface area contributed by atoms with Gasteiger partial charge in [-0.1, -0.05) is 12.1 Å². The molecule has 1 saturated carbocycles. The van der Waals surface area contributed by atoms with Crippen LogP contribution in [0.1, 0.15) is 44.3 Å². The van der Waals surface area contributed by atoms with Gasteiger partial charge in [0.2, 0.25) is 0 Å². The molecule has 1 fully saturated rings. The first kappa shape index (κ1) is 15.1. The highest BCUT2D eigenvalue weighted by Crippen LogP contribution is 2.44. The summed E-state index contributed by atoms with van der Waals surface area (Å²) >= 11 is 0. The smallest absolute Gasteiger partial charge is 0.332 e. The fourth-order valence-electron chi connectivity index (χ4n) is 2.18. The Bertz CT molecular complexity index is 477. The lowest BCUT2D eigenvalue weighted by molar-refractivity contribution is -0.298. The predicted molar refractivity (Wildman–Crippen MR) is 57.7 cm³/mol. The Balaban J connectivity index is 2.25. The number of rotatable bonds is 2. The molecule has 0 amide bonds. The summed E-state index contributed by atoms with van der Waals surface area (Å²) in [4.78, 5) is 3.20. The number of nitrogens with two attached hydrogens (primary N) is 1. The number of halogens is 5. The van der Waals surface area contributed by atoms with Crippen LogP contribution in [0.3, 0.4) is 0 Å². The average Bonchev–Trinajstić information content (AvgIpc) is 2.82. The molecule has 0 bridgehead atoms. The van der Waals surface area contributed by atoms with E-state index in [1.807, 2.05) is 6.92 Å². The molecule has 1 heterocycles. The minimum atomic E-state index is -5.78. The van der Waals surface area contributed by atoms with Gasteiger partial charge in [0.05, 0.1) is 5.54 Å². The molecule has 2 N–H and O–H groups in total. The quantitative estimate of drug-likeness (QED) is 0.852. The fraction of sp³-hybridized carbons (Fsp3) is 0.818. The highest BCUT2D eigenvalue weighted by molar-refractivity contribution is 5.08. The Hall–Kier alpha value is -1.25. The van der Waals surface area contributed by atoms with E-state index in [1.54, 1.807) is 0 Å². The molecule has 9 heteroatoms. The van der Waals surface area contributed by atoms with Gasteiger partial charge in [0.25, 0.3) is 0 Å². The molecule has 0 unspecified atom stereocenters. The van der Waals surface area contributed by atoms with Crippen molar-refractivity contribution < 1.29 is 26.5 Å². The van der Waals surface area contributed by atoms with Crippen LogP contribution >= 0.6 is 0 Å². The summed E-state index contributed by atoms with van der Waals surface area (Å²) in [5.41, 5.74) is 4.90. The van der Waals surface area contributed by atoms with Gasteiger partial charge in [0.1, 0.15) is 0 Å². The van der Waals surface area contributed by atoms with Crippen molar-refractivity contribution in [3.63, 3.8) is 0 Å². The summed E-state index contributed by atoms with van der Waals surface area (Å²) < 4.78 is 66.9. The number of nitrogens with zero attached hydrogens (tertiary/aromatic N) is 2. The fourth-order valence-corrected chi connectivity index (χ4v) is 2.18. The van der Waals surface area contributed by atoms with E-state index in [4.69, 9.17) is 5.73 Å². The van der Waals surface area contributed by atoms with E-state index in [1.165, 1.54) is 0 Å². The molecule has 2 rings (SSSR count). The number of alkyl halides is 5. The molecule has 0 atom stereocenters. The SMILES string of the molecule is CC1CCC(N)(c2noc(C(F)(F)C(F)(F)F)n2)CC1. The maximum atomic E-state index is 13.1. The Labute approximate surface area is 111 Å². The van der Waals surface area contributed by atoms with Crippen LogP contribution in [-0.4, -0.2) is 16.3 Å². The van der Waals surface area contributed by atoms with E-state index >= 15 is 0 Å². The Kier molecular flexibility index (Phi) is 3.52. The molecule has 1 aliphatic carbocycles. The summed E-state index contributed by atoms with van der Waals surface area (Å²) in [6.07, 6.45) is -3.47. The second kappa shape index (κ2) is 4.64. The molecule has 0 aliphatic heterocycles. The highest BCUT2D eigenvalue weighted by atomic mass is 19.4. The maximum Gasteiger partial charge on any atom is 0.463 e. The van der Waals surface area contributed by atoms with Gasteiger partial charge < -0.3 is 10.3 Å². The zero-order valence-corrected chi connectivity index (χ0v) is 10.7. The molecule has 0 radical (unpaired) electrons. The van der Waals surface area contributed by atoms with Gasteiger partial charge in [0.15, 0.2) is 5.82 Å². The lowest BCUT2D eigenvalue weighted by Gasteiger charge is -2.33. The molecule has 0 spiro atoms. The van der Waals surface area contributed by atoms with E-state index in [0.29, 0.717) is 18.8 Å². The van der Waals surface area contributed by atoms with Crippen LogP contribution in [0.5, 0.6) is 0 Å². The maximum absolute atomic E-state index is 13.1. The zero-order chi connectivity index (χ0) is 15.2. The van der Waals surface area contributed by atoms with Crippen LogP contribution < -0.4 is 5.73 Å². The van der Waals surface area contributed by atoms with E-state index in [2.05, 4.69) is 14.7 Å². The zero-order valence-electron chi connectivity index (χ0n) is 10.7. The monoisotopic (exact) mass is 299 g/mol. The lowest BCUT2D eigenvalue weighted by Crippen LogP contribution is -2.41. The van der Waals surface area contributed by atoms with Crippen molar-refractivity contribution in [3.05, 3.63) is 11.7 Å². The van der Waals surface area contributed by atoms with Crippen molar-refractivity contribution in [2.45, 2.75) is 50.2 Å². The average molecular weight is 299 g/mol. The van der Waals surface area contributed by atoms with Gasteiger partial charge in [0, 0.05) is 0 Å². The molecular weight excluding hydrogens is 285 g/mol. The number of hydrogen-bond acceptors (Lipinski definition) is 4. The molecule has 0 saturated heterocycles. The first-order chi connectivity index (χ1) is 9.06. The van der Waals surface area contributed by atoms with Gasteiger partial charge in [-0.15, -0.1) is 0 Å². The van der Waals surface area contributed by atoms with Gasteiger partial charge in [-0.05, 0) is 31.6 Å². The van der Waals surface area contributed by atoms with Crippen molar-refractivity contribution in [2.75, 3.05) is 0 Å². The Morgan fingerprint density at radius 2 is 1.75 bits per heavy atom. The second-order valence-corrected chi connectivity index (χ2v) is 5.33. The second-order valence-electron chi connectivity index (χ2n) is 5.33. The molecule has 0 aromatic carbocycles. The lowest BCUT2D eigenvalue weighted by atomic mass is 9.77. The summed E-state index contributed by atoms with van der Waals surface area (Å²) in [6, 6.07) is 0. The molecule has 114 valence electrons. The van der Waals surface area contributed by atoms with Gasteiger partial charge >= 0.3 is 18.0 Å². The number of aromatic nitrogens is 2. The summed E-state index contributed by atoms with van der Waals surface area (Å²) in [5, 5.41) is 3.23. The van der Waals surface area contributed by atoms with Crippen molar-refractivity contribution in [1.82, 2.24) is 10.1 Å². The van der Waals surface area contributed by atoms with E-state index < -0.39 is 23.5 Å². The van der Waals surface area contributed by atoms with Gasteiger partial charge in [-0.3, -0.25) is 0 Å². The minimum absolute atomic E-state index is 0.289. The van der Waals surface area contributed by atoms with Crippen LogP contribution in [0, 0.1) is 5.92 Å². The van der Waals surface area contributed by atoms with E-state index in [-0.39, 0.29) is 5.82 Å².